The van der Waals surface area contributed by atoms with Crippen LogP contribution < -0.4 is 10.1 Å². The molecule has 3 aromatic rings. The number of fused-ring (bicyclic) bond motifs is 2. The van der Waals surface area contributed by atoms with Crippen molar-refractivity contribution < 1.29 is 19.4 Å². The second kappa shape index (κ2) is 9.90. The standard InChI is InChI=1S/C28H29NO4/c1-3-5-6-7-16-33-20-11-8-18(9-12-20)19-10-13-21-22(17-19)28(32)26-24(30)15-14-23(29-4-2)25(26)27(21)31/h8-15,17,29-30H,3-7,16H2,1-2H3. The first kappa shape index (κ1) is 22.6. The number of nitrogens with one attached hydrogen (secondary N) is 1. The molecule has 5 heteroatoms. The van der Waals surface area contributed by atoms with Gasteiger partial charge in [-0.3, -0.25) is 9.59 Å². The van der Waals surface area contributed by atoms with Crippen LogP contribution in [0.3, 0.4) is 0 Å². The molecule has 0 radical (unpaired) electrons. The number of ketones is 2. The SMILES string of the molecule is CCCCCCOc1ccc(-c2ccc3c(c2)C(=O)c2c(O)ccc(NCC)c2C3=O)cc1. The van der Waals surface area contributed by atoms with E-state index in [1.54, 1.807) is 18.2 Å². The van der Waals surface area contributed by atoms with Gasteiger partial charge in [-0.2, -0.15) is 0 Å². The third-order valence-electron chi connectivity index (χ3n) is 5.97. The van der Waals surface area contributed by atoms with E-state index in [0.29, 0.717) is 30.0 Å². The van der Waals surface area contributed by atoms with Crippen molar-refractivity contribution in [3.63, 3.8) is 0 Å². The van der Waals surface area contributed by atoms with Crippen LogP contribution in [0, 0.1) is 0 Å². The highest BCUT2D eigenvalue weighted by Crippen LogP contribution is 2.38. The summed E-state index contributed by atoms with van der Waals surface area (Å²) >= 11 is 0. The molecule has 1 aliphatic rings. The molecule has 0 heterocycles. The molecule has 0 unspecified atom stereocenters. The van der Waals surface area contributed by atoms with Crippen LogP contribution in [0.1, 0.15) is 71.4 Å². The Morgan fingerprint density at radius 3 is 2.24 bits per heavy atom. The number of carbonyl (C=O) groups is 2. The Labute approximate surface area is 194 Å². The van der Waals surface area contributed by atoms with E-state index >= 15 is 0 Å². The maximum Gasteiger partial charge on any atom is 0.198 e. The number of ether oxygens (including phenoxy) is 1. The zero-order chi connectivity index (χ0) is 23.4. The number of aromatic hydroxyl groups is 1. The highest BCUT2D eigenvalue weighted by molar-refractivity contribution is 6.31. The molecule has 0 saturated carbocycles. The lowest BCUT2D eigenvalue weighted by Gasteiger charge is -2.22. The zero-order valence-corrected chi connectivity index (χ0v) is 19.1. The summed E-state index contributed by atoms with van der Waals surface area (Å²) in [5.74, 6) is 0.0336. The Balaban J connectivity index is 1.60. The van der Waals surface area contributed by atoms with E-state index in [0.717, 1.165) is 23.3 Å². The molecule has 0 fully saturated rings. The number of carbonyl (C=O) groups excluding carboxylic acids is 2. The Hall–Kier alpha value is -3.60. The minimum Gasteiger partial charge on any atom is -0.507 e. The van der Waals surface area contributed by atoms with E-state index in [1.807, 2.05) is 37.3 Å². The molecular formula is C28H29NO4. The largest absolute Gasteiger partial charge is 0.507 e. The van der Waals surface area contributed by atoms with Gasteiger partial charge in [0.15, 0.2) is 11.6 Å². The summed E-state index contributed by atoms with van der Waals surface area (Å²) < 4.78 is 5.82. The summed E-state index contributed by atoms with van der Waals surface area (Å²) in [5.41, 5.74) is 3.28. The Morgan fingerprint density at radius 2 is 1.52 bits per heavy atom. The van der Waals surface area contributed by atoms with Crippen molar-refractivity contribution in [2.24, 2.45) is 0 Å². The van der Waals surface area contributed by atoms with Crippen LogP contribution in [0.5, 0.6) is 11.5 Å². The highest BCUT2D eigenvalue weighted by Gasteiger charge is 2.34. The van der Waals surface area contributed by atoms with Crippen LogP contribution in [0.15, 0.2) is 54.6 Å². The van der Waals surface area contributed by atoms with Crippen molar-refractivity contribution in [2.75, 3.05) is 18.5 Å². The van der Waals surface area contributed by atoms with Gasteiger partial charge in [0.25, 0.3) is 0 Å². The van der Waals surface area contributed by atoms with Crippen molar-refractivity contribution in [1.29, 1.82) is 0 Å². The van der Waals surface area contributed by atoms with E-state index in [2.05, 4.69) is 12.2 Å². The average molecular weight is 444 g/mol. The van der Waals surface area contributed by atoms with E-state index in [-0.39, 0.29) is 28.4 Å². The summed E-state index contributed by atoms with van der Waals surface area (Å²) in [6.45, 7) is 5.40. The number of hydrogen-bond acceptors (Lipinski definition) is 5. The predicted octanol–water partition coefficient (Wildman–Crippen LogP) is 6.23. The molecular weight excluding hydrogens is 414 g/mol. The summed E-state index contributed by atoms with van der Waals surface area (Å²) in [5, 5.41) is 13.5. The maximum atomic E-state index is 13.3. The van der Waals surface area contributed by atoms with E-state index in [9.17, 15) is 14.7 Å². The van der Waals surface area contributed by atoms with Gasteiger partial charge in [-0.25, -0.2) is 0 Å². The summed E-state index contributed by atoms with van der Waals surface area (Å²) in [6, 6.07) is 16.1. The quantitative estimate of drug-likeness (QED) is 0.237. The van der Waals surface area contributed by atoms with Gasteiger partial charge in [0.05, 0.1) is 17.7 Å². The number of anilines is 1. The first-order valence-electron chi connectivity index (χ1n) is 11.6. The van der Waals surface area contributed by atoms with Crippen LogP contribution in [0.4, 0.5) is 5.69 Å². The molecule has 0 aromatic heterocycles. The third-order valence-corrected chi connectivity index (χ3v) is 5.97. The second-order valence-corrected chi connectivity index (χ2v) is 8.26. The molecule has 0 bridgehead atoms. The third kappa shape index (κ3) is 4.49. The fraction of sp³-hybridized carbons (Fsp3) is 0.286. The molecule has 3 aromatic carbocycles. The van der Waals surface area contributed by atoms with Gasteiger partial charge in [-0.1, -0.05) is 44.4 Å². The van der Waals surface area contributed by atoms with Crippen molar-refractivity contribution in [3.8, 4) is 22.6 Å². The van der Waals surface area contributed by atoms with Crippen LogP contribution >= 0.6 is 0 Å². The molecule has 5 nitrogen and oxygen atoms in total. The number of hydrogen-bond donors (Lipinski definition) is 2. The van der Waals surface area contributed by atoms with Crippen molar-refractivity contribution in [3.05, 3.63) is 76.9 Å². The molecule has 0 aliphatic heterocycles. The van der Waals surface area contributed by atoms with Gasteiger partial charge in [0.1, 0.15) is 11.5 Å². The normalized spacial score (nSPS) is 12.3. The fourth-order valence-corrected chi connectivity index (χ4v) is 4.24. The molecule has 170 valence electrons. The van der Waals surface area contributed by atoms with E-state index in [1.165, 1.54) is 25.3 Å². The smallest absolute Gasteiger partial charge is 0.198 e. The van der Waals surface area contributed by atoms with Gasteiger partial charge in [-0.15, -0.1) is 0 Å². The van der Waals surface area contributed by atoms with Crippen molar-refractivity contribution in [2.45, 2.75) is 39.5 Å². The van der Waals surface area contributed by atoms with Gasteiger partial charge in [0.2, 0.25) is 0 Å². The van der Waals surface area contributed by atoms with E-state index in [4.69, 9.17) is 4.74 Å². The van der Waals surface area contributed by atoms with Crippen LogP contribution in [-0.2, 0) is 0 Å². The Morgan fingerprint density at radius 1 is 0.788 bits per heavy atom. The molecule has 4 rings (SSSR count). The topological polar surface area (TPSA) is 75.6 Å². The lowest BCUT2D eigenvalue weighted by Crippen LogP contribution is -2.23. The lowest BCUT2D eigenvalue weighted by molar-refractivity contribution is 0.0977. The number of benzene rings is 3. The molecule has 2 N–H and O–H groups in total. The van der Waals surface area contributed by atoms with Gasteiger partial charge in [-0.05, 0) is 60.9 Å². The lowest BCUT2D eigenvalue weighted by atomic mass is 9.81. The molecule has 0 atom stereocenters. The Bertz CT molecular complexity index is 1180. The van der Waals surface area contributed by atoms with Gasteiger partial charge < -0.3 is 15.2 Å². The second-order valence-electron chi connectivity index (χ2n) is 8.26. The average Bonchev–Trinajstić information content (AvgIpc) is 2.83. The Kier molecular flexibility index (Phi) is 6.78. The van der Waals surface area contributed by atoms with E-state index < -0.39 is 0 Å². The minimum atomic E-state index is -0.342. The summed E-state index contributed by atoms with van der Waals surface area (Å²) in [6.07, 6.45) is 4.64. The van der Waals surface area contributed by atoms with Crippen molar-refractivity contribution >= 4 is 17.3 Å². The molecule has 33 heavy (non-hydrogen) atoms. The molecule has 0 saturated heterocycles. The van der Waals surface area contributed by atoms with Crippen LogP contribution in [-0.4, -0.2) is 29.8 Å². The fourth-order valence-electron chi connectivity index (χ4n) is 4.24. The first-order valence-corrected chi connectivity index (χ1v) is 11.6. The molecule has 1 aliphatic carbocycles. The molecule has 0 spiro atoms. The number of rotatable bonds is 9. The summed E-state index contributed by atoms with van der Waals surface area (Å²) in [4.78, 5) is 26.5. The maximum absolute atomic E-state index is 13.3. The van der Waals surface area contributed by atoms with Crippen molar-refractivity contribution in [1.82, 2.24) is 0 Å². The number of unbranched alkanes of at least 4 members (excludes halogenated alkanes) is 3. The highest BCUT2D eigenvalue weighted by atomic mass is 16.5. The minimum absolute atomic E-state index is 0.0647. The zero-order valence-electron chi connectivity index (χ0n) is 19.1. The van der Waals surface area contributed by atoms with Gasteiger partial charge >= 0.3 is 0 Å². The summed E-state index contributed by atoms with van der Waals surface area (Å²) in [7, 11) is 0. The number of phenolic OH excluding ortho intramolecular Hbond substituents is 1. The van der Waals surface area contributed by atoms with Crippen LogP contribution in [0.25, 0.3) is 11.1 Å². The van der Waals surface area contributed by atoms with Gasteiger partial charge in [0, 0.05) is 23.4 Å². The monoisotopic (exact) mass is 443 g/mol. The predicted molar refractivity (Wildman–Crippen MR) is 131 cm³/mol. The first-order chi connectivity index (χ1) is 16.0. The molecule has 0 amide bonds. The van der Waals surface area contributed by atoms with Crippen LogP contribution in [0.2, 0.25) is 0 Å². The number of phenols is 1.